The molecule has 1 aromatic rings. The number of hydrogen-bond donors (Lipinski definition) is 1. The van der Waals surface area contributed by atoms with E-state index in [0.29, 0.717) is 6.61 Å². The van der Waals surface area contributed by atoms with Crippen LogP contribution in [0.5, 0.6) is 11.5 Å². The van der Waals surface area contributed by atoms with Crippen LogP contribution in [0.1, 0.15) is 19.4 Å². The zero-order chi connectivity index (χ0) is 12.5. The number of nitrogens with one attached hydrogen (secondary N) is 1. The minimum Gasteiger partial charge on any atom is -0.493 e. The molecule has 0 bridgehead atoms. The van der Waals surface area contributed by atoms with Crippen LogP contribution in [-0.4, -0.2) is 20.3 Å². The van der Waals surface area contributed by atoms with Crippen LogP contribution >= 0.6 is 0 Å². The lowest BCUT2D eigenvalue weighted by Gasteiger charge is -2.11. The highest BCUT2D eigenvalue weighted by Gasteiger charge is 2.04. The number of benzene rings is 1. The van der Waals surface area contributed by atoms with E-state index < -0.39 is 0 Å². The van der Waals surface area contributed by atoms with Gasteiger partial charge < -0.3 is 14.8 Å². The van der Waals surface area contributed by atoms with Gasteiger partial charge in [0.15, 0.2) is 11.5 Å². The number of rotatable bonds is 7. The molecule has 0 spiro atoms. The largest absolute Gasteiger partial charge is 0.493 e. The van der Waals surface area contributed by atoms with Gasteiger partial charge in [0.2, 0.25) is 0 Å². The Bertz CT molecular complexity index is 361. The molecule has 0 unspecified atom stereocenters. The quantitative estimate of drug-likeness (QED) is 0.737. The first-order chi connectivity index (χ1) is 8.31. The van der Waals surface area contributed by atoms with E-state index in [-0.39, 0.29) is 0 Å². The number of hydrogen-bond acceptors (Lipinski definition) is 3. The summed E-state index contributed by atoms with van der Waals surface area (Å²) < 4.78 is 10.9. The molecule has 0 fully saturated rings. The third-order valence-electron chi connectivity index (χ3n) is 2.38. The second-order valence-electron chi connectivity index (χ2n) is 3.65. The highest BCUT2D eigenvalue weighted by Crippen LogP contribution is 2.28. The topological polar surface area (TPSA) is 30.5 Å². The van der Waals surface area contributed by atoms with Gasteiger partial charge in [0.05, 0.1) is 7.11 Å². The smallest absolute Gasteiger partial charge is 0.161 e. The fraction of sp³-hybridized carbons (Fsp3) is 0.429. The zero-order valence-electron chi connectivity index (χ0n) is 10.8. The van der Waals surface area contributed by atoms with Crippen molar-refractivity contribution in [2.45, 2.75) is 20.4 Å². The molecule has 1 aromatic carbocycles. The summed E-state index contributed by atoms with van der Waals surface area (Å²) in [6, 6.07) is 6.01. The van der Waals surface area contributed by atoms with E-state index in [0.717, 1.165) is 24.6 Å². The summed E-state index contributed by atoms with van der Waals surface area (Å²) in [5.41, 5.74) is 1.20. The zero-order valence-corrected chi connectivity index (χ0v) is 10.8. The number of ether oxygens (including phenoxy) is 2. The molecule has 17 heavy (non-hydrogen) atoms. The van der Waals surface area contributed by atoms with E-state index in [1.165, 1.54) is 5.56 Å². The van der Waals surface area contributed by atoms with Gasteiger partial charge in [-0.3, -0.25) is 0 Å². The molecule has 1 N–H and O–H groups in total. The van der Waals surface area contributed by atoms with Gasteiger partial charge in [-0.2, -0.15) is 0 Å². The molecule has 0 aliphatic rings. The van der Waals surface area contributed by atoms with Crippen LogP contribution in [0.15, 0.2) is 30.4 Å². The third kappa shape index (κ3) is 4.49. The molecule has 3 heteroatoms. The molecule has 0 aromatic heterocycles. The minimum absolute atomic E-state index is 0.567. The molecule has 0 atom stereocenters. The summed E-state index contributed by atoms with van der Waals surface area (Å²) in [7, 11) is 1.65. The van der Waals surface area contributed by atoms with Crippen molar-refractivity contribution in [1.29, 1.82) is 0 Å². The van der Waals surface area contributed by atoms with E-state index in [2.05, 4.69) is 12.2 Å². The Labute approximate surface area is 103 Å². The van der Waals surface area contributed by atoms with Gasteiger partial charge in [-0.1, -0.05) is 25.1 Å². The Morgan fingerprint density at radius 2 is 2.12 bits per heavy atom. The van der Waals surface area contributed by atoms with E-state index in [1.807, 2.05) is 37.3 Å². The first-order valence-corrected chi connectivity index (χ1v) is 5.93. The molecule has 0 heterocycles. The van der Waals surface area contributed by atoms with Crippen molar-refractivity contribution in [3.05, 3.63) is 35.9 Å². The van der Waals surface area contributed by atoms with Gasteiger partial charge in [0.25, 0.3) is 0 Å². The maximum Gasteiger partial charge on any atom is 0.161 e. The first-order valence-electron chi connectivity index (χ1n) is 5.93. The third-order valence-corrected chi connectivity index (χ3v) is 2.38. The maximum atomic E-state index is 5.65. The van der Waals surface area contributed by atoms with Crippen LogP contribution in [0, 0.1) is 0 Å². The van der Waals surface area contributed by atoms with Crippen LogP contribution in [-0.2, 0) is 6.54 Å². The molecule has 0 saturated heterocycles. The first kappa shape index (κ1) is 13.6. The molecular formula is C14H21NO2. The molecule has 1 rings (SSSR count). The summed E-state index contributed by atoms with van der Waals surface area (Å²) in [6.07, 6.45) is 3.94. The predicted molar refractivity (Wildman–Crippen MR) is 70.7 cm³/mol. The summed E-state index contributed by atoms with van der Waals surface area (Å²) in [6.45, 7) is 6.44. The van der Waals surface area contributed by atoms with Crippen LogP contribution in [0.25, 0.3) is 0 Å². The monoisotopic (exact) mass is 235 g/mol. The molecule has 0 aliphatic heterocycles. The Balaban J connectivity index is 2.74. The second-order valence-corrected chi connectivity index (χ2v) is 3.65. The Hall–Kier alpha value is -1.48. The predicted octanol–water partition coefficient (Wildman–Crippen LogP) is 2.76. The van der Waals surface area contributed by atoms with Gasteiger partial charge in [-0.05, 0) is 31.2 Å². The highest BCUT2D eigenvalue weighted by atomic mass is 16.5. The van der Waals surface area contributed by atoms with Crippen molar-refractivity contribution in [3.8, 4) is 11.5 Å². The Morgan fingerprint density at radius 1 is 1.29 bits per heavy atom. The van der Waals surface area contributed by atoms with Crippen LogP contribution in [0.3, 0.4) is 0 Å². The molecular weight excluding hydrogens is 214 g/mol. The lowest BCUT2D eigenvalue weighted by Crippen LogP contribution is -2.11. The Kier molecular flexibility index (Phi) is 6.18. The van der Waals surface area contributed by atoms with Crippen molar-refractivity contribution in [2.24, 2.45) is 0 Å². The molecule has 0 aliphatic carbocycles. The SMILES string of the molecule is C/C=C/COc1cc(CNCC)ccc1OC. The van der Waals surface area contributed by atoms with Crippen molar-refractivity contribution in [3.63, 3.8) is 0 Å². The minimum atomic E-state index is 0.567. The van der Waals surface area contributed by atoms with Crippen molar-refractivity contribution < 1.29 is 9.47 Å². The molecule has 0 radical (unpaired) electrons. The summed E-state index contributed by atoms with van der Waals surface area (Å²) in [5.74, 6) is 1.57. The fourth-order valence-electron chi connectivity index (χ4n) is 1.45. The second kappa shape index (κ2) is 7.74. The van der Waals surface area contributed by atoms with E-state index in [4.69, 9.17) is 9.47 Å². The van der Waals surface area contributed by atoms with E-state index in [1.54, 1.807) is 7.11 Å². The lowest BCUT2D eigenvalue weighted by molar-refractivity contribution is 0.325. The number of allylic oxidation sites excluding steroid dienone is 1. The van der Waals surface area contributed by atoms with Gasteiger partial charge in [0, 0.05) is 6.54 Å². The average molecular weight is 235 g/mol. The molecule has 0 saturated carbocycles. The van der Waals surface area contributed by atoms with Crippen molar-refractivity contribution in [1.82, 2.24) is 5.32 Å². The average Bonchev–Trinajstić information content (AvgIpc) is 2.37. The van der Waals surface area contributed by atoms with Crippen LogP contribution in [0.2, 0.25) is 0 Å². The molecule has 0 amide bonds. The number of methoxy groups -OCH3 is 1. The van der Waals surface area contributed by atoms with Crippen LogP contribution < -0.4 is 14.8 Å². The van der Waals surface area contributed by atoms with Crippen LogP contribution in [0.4, 0.5) is 0 Å². The van der Waals surface area contributed by atoms with Crippen molar-refractivity contribution >= 4 is 0 Å². The van der Waals surface area contributed by atoms with Gasteiger partial charge in [0.1, 0.15) is 6.61 Å². The van der Waals surface area contributed by atoms with Gasteiger partial charge in [-0.25, -0.2) is 0 Å². The van der Waals surface area contributed by atoms with Gasteiger partial charge in [-0.15, -0.1) is 0 Å². The lowest BCUT2D eigenvalue weighted by atomic mass is 10.2. The summed E-state index contributed by atoms with van der Waals surface area (Å²) in [4.78, 5) is 0. The highest BCUT2D eigenvalue weighted by molar-refractivity contribution is 5.43. The van der Waals surface area contributed by atoms with E-state index in [9.17, 15) is 0 Å². The van der Waals surface area contributed by atoms with Crippen molar-refractivity contribution in [2.75, 3.05) is 20.3 Å². The van der Waals surface area contributed by atoms with E-state index >= 15 is 0 Å². The van der Waals surface area contributed by atoms with Gasteiger partial charge >= 0.3 is 0 Å². The Morgan fingerprint density at radius 3 is 2.76 bits per heavy atom. The standard InChI is InChI=1S/C14H21NO2/c1-4-6-9-17-14-10-12(11-15-5-2)7-8-13(14)16-3/h4,6-8,10,15H,5,9,11H2,1-3H3/b6-4+. The molecule has 94 valence electrons. The molecule has 3 nitrogen and oxygen atoms in total. The summed E-state index contributed by atoms with van der Waals surface area (Å²) >= 11 is 0. The maximum absolute atomic E-state index is 5.65. The normalized spacial score (nSPS) is 10.8. The fourth-order valence-corrected chi connectivity index (χ4v) is 1.45. The summed E-state index contributed by atoms with van der Waals surface area (Å²) in [5, 5.41) is 3.29.